The first kappa shape index (κ1) is 26.4. The third-order valence-corrected chi connectivity index (χ3v) is 6.00. The van der Waals surface area contributed by atoms with Gasteiger partial charge in [-0.25, -0.2) is 0 Å². The third-order valence-electron chi connectivity index (χ3n) is 3.63. The Balaban J connectivity index is 0.000000329. The van der Waals surface area contributed by atoms with E-state index in [1.807, 2.05) is 60.7 Å². The fourth-order valence-corrected chi connectivity index (χ4v) is 4.12. The van der Waals surface area contributed by atoms with E-state index in [0.717, 1.165) is 28.3 Å². The molecule has 30 heavy (non-hydrogen) atoms. The molecule has 11 heteroatoms. The van der Waals surface area contributed by atoms with Gasteiger partial charge in [0.25, 0.3) is 5.09 Å². The Morgan fingerprint density at radius 1 is 1.00 bits per heavy atom. The molecular weight excluding hydrogens is 501 g/mol. The second-order valence-electron chi connectivity index (χ2n) is 5.54. The number of hydrogen-bond donors (Lipinski definition) is 0. The number of benzene rings is 2. The quantitative estimate of drug-likeness (QED) is 0.188. The van der Waals surface area contributed by atoms with Crippen LogP contribution in [0.4, 0.5) is 16.2 Å². The predicted molar refractivity (Wildman–Crippen MR) is 121 cm³/mol. The van der Waals surface area contributed by atoms with Gasteiger partial charge in [0.15, 0.2) is 6.03 Å². The molecule has 2 amide bonds. The smallest absolute Gasteiger partial charge is 0.294 e. The molecule has 2 N–H and O–H groups in total. The summed E-state index contributed by atoms with van der Waals surface area (Å²) in [5.74, 6) is 1.34. The van der Waals surface area contributed by atoms with Crippen LogP contribution >= 0.6 is 21.6 Å². The van der Waals surface area contributed by atoms with Gasteiger partial charge in [0.1, 0.15) is 6.61 Å². The zero-order valence-electron chi connectivity index (χ0n) is 16.0. The monoisotopic (exact) mass is 521 g/mol. The molecule has 0 saturated carbocycles. The zero-order chi connectivity index (χ0) is 21.1. The van der Waals surface area contributed by atoms with Crippen molar-refractivity contribution in [3.63, 3.8) is 0 Å². The minimum atomic E-state index is -0.796. The van der Waals surface area contributed by atoms with Crippen molar-refractivity contribution < 1.29 is 47.4 Å². The van der Waals surface area contributed by atoms with E-state index < -0.39 is 11.1 Å². The number of carbonyl (C=O) groups excluding carboxylic acids is 1. The molecule has 157 valence electrons. The number of nitrogens with zero attached hydrogens (tertiary/aromatic N) is 2. The number of fused-ring (bicyclic) bond motifs is 2. The van der Waals surface area contributed by atoms with Crippen molar-refractivity contribution in [3.05, 3.63) is 81.2 Å². The summed E-state index contributed by atoms with van der Waals surface area (Å²) in [6.45, 7) is 0.510. The van der Waals surface area contributed by atoms with Crippen LogP contribution in [-0.4, -0.2) is 35.8 Å². The molecule has 0 atom stereocenters. The van der Waals surface area contributed by atoms with Crippen LogP contribution in [0.5, 0.6) is 0 Å². The maximum absolute atomic E-state index is 11.6. The van der Waals surface area contributed by atoms with Crippen LogP contribution in [0.3, 0.4) is 0 Å². The maximum Gasteiger partial charge on any atom is 0.294 e. The summed E-state index contributed by atoms with van der Waals surface area (Å²) in [7, 11) is 3.02. The van der Waals surface area contributed by atoms with Crippen LogP contribution in [0.2, 0.25) is 0 Å². The van der Waals surface area contributed by atoms with Crippen molar-refractivity contribution in [3.8, 4) is 0 Å². The number of amides is 2. The molecule has 0 fully saturated rings. The van der Waals surface area contributed by atoms with Gasteiger partial charge in [-0.3, -0.25) is 4.79 Å². The molecule has 1 aliphatic heterocycles. The number of hydrogen-bond acceptors (Lipinski definition) is 6. The SMILES string of the molecule is [NH-]C(=O)N1c2ccccc2C=Cc2ccccc21.[NH-]CCSSCCO[N+](=O)[O-].[Y]. The van der Waals surface area contributed by atoms with Gasteiger partial charge in [-0.1, -0.05) is 82.3 Å². The standard InChI is InChI=1S/C15H12N2O.C4H9N2O3S2.Y/c16-15(18)17-13-7-3-1-5-11(13)9-10-12-6-2-4-8-14(12)17;5-1-3-10-11-4-2-9-6(7)8;/h1-10H,(H2,16,18);5H,1-4H2;/q;-1;/p-1. The van der Waals surface area contributed by atoms with Crippen LogP contribution in [0.15, 0.2) is 48.5 Å². The number of para-hydroxylation sites is 2. The first-order valence-corrected chi connectivity index (χ1v) is 11.1. The average molecular weight is 521 g/mol. The molecule has 1 heterocycles. The topological polar surface area (TPSA) is 120 Å². The molecule has 8 nitrogen and oxygen atoms in total. The Labute approximate surface area is 208 Å². The molecule has 0 spiro atoms. The molecule has 0 bridgehead atoms. The first-order chi connectivity index (χ1) is 14.0. The minimum absolute atomic E-state index is 0. The van der Waals surface area contributed by atoms with Crippen molar-refractivity contribution in [2.75, 3.05) is 29.6 Å². The van der Waals surface area contributed by atoms with Crippen LogP contribution in [0, 0.1) is 10.1 Å². The van der Waals surface area contributed by atoms with E-state index in [1.165, 1.54) is 26.5 Å². The Hall–Kier alpha value is -1.59. The molecule has 0 saturated heterocycles. The number of rotatable bonds is 7. The van der Waals surface area contributed by atoms with Gasteiger partial charge in [0.05, 0.1) is 0 Å². The molecular formula is C19H20N4O4S2Y-2. The number of anilines is 2. The van der Waals surface area contributed by atoms with E-state index in [1.54, 1.807) is 0 Å². The zero-order valence-corrected chi connectivity index (χ0v) is 20.5. The fraction of sp³-hybridized carbons (Fsp3) is 0.211. The van der Waals surface area contributed by atoms with E-state index in [2.05, 4.69) is 4.84 Å². The maximum atomic E-state index is 11.6. The predicted octanol–water partition coefficient (Wildman–Crippen LogP) is 6.11. The van der Waals surface area contributed by atoms with Crippen molar-refractivity contribution >= 4 is 51.1 Å². The first-order valence-electron chi connectivity index (χ1n) is 8.62. The molecule has 1 radical (unpaired) electrons. The van der Waals surface area contributed by atoms with E-state index in [4.69, 9.17) is 11.5 Å². The van der Waals surface area contributed by atoms with Crippen LogP contribution in [0.25, 0.3) is 23.6 Å². The molecule has 2 aromatic carbocycles. The molecule has 2 aromatic rings. The molecule has 0 aliphatic carbocycles. The van der Waals surface area contributed by atoms with Crippen molar-refractivity contribution in [2.24, 2.45) is 0 Å². The Morgan fingerprint density at radius 3 is 1.97 bits per heavy atom. The van der Waals surface area contributed by atoms with Gasteiger partial charge >= 0.3 is 0 Å². The summed E-state index contributed by atoms with van der Waals surface area (Å²) in [4.78, 5) is 26.8. The van der Waals surface area contributed by atoms with E-state index >= 15 is 0 Å². The summed E-state index contributed by atoms with van der Waals surface area (Å²) in [6.07, 6.45) is 3.94. The van der Waals surface area contributed by atoms with Gasteiger partial charge in [0, 0.05) is 38.5 Å². The number of carbonyl (C=O) groups is 1. The second-order valence-corrected chi connectivity index (χ2v) is 8.24. The average Bonchev–Trinajstić information content (AvgIpc) is 2.88. The Bertz CT molecular complexity index is 820. The van der Waals surface area contributed by atoms with Gasteiger partial charge < -0.3 is 21.2 Å². The Morgan fingerprint density at radius 2 is 1.50 bits per heavy atom. The molecule has 0 aromatic heterocycles. The normalized spacial score (nSPS) is 11.0. The summed E-state index contributed by atoms with van der Waals surface area (Å²) < 4.78 is 0. The molecule has 3 rings (SSSR count). The van der Waals surface area contributed by atoms with E-state index in [9.17, 15) is 14.9 Å². The Kier molecular flexibility index (Phi) is 12.7. The summed E-state index contributed by atoms with van der Waals surface area (Å²) in [5.41, 5.74) is 17.6. The van der Waals surface area contributed by atoms with Gasteiger partial charge in [-0.15, -0.1) is 16.7 Å². The molecule has 1 aliphatic rings. The van der Waals surface area contributed by atoms with Crippen molar-refractivity contribution in [1.29, 1.82) is 0 Å². The largest absolute Gasteiger partial charge is 0.677 e. The van der Waals surface area contributed by atoms with Crippen LogP contribution in [0.1, 0.15) is 11.1 Å². The van der Waals surface area contributed by atoms with Crippen LogP contribution < -0.4 is 4.90 Å². The number of urea groups is 1. The fourth-order valence-electron chi connectivity index (χ4n) is 2.50. The van der Waals surface area contributed by atoms with E-state index in [0.29, 0.717) is 12.3 Å². The van der Waals surface area contributed by atoms with Crippen LogP contribution in [-0.2, 0) is 37.5 Å². The summed E-state index contributed by atoms with van der Waals surface area (Å²) in [6, 6.07) is 14.5. The van der Waals surface area contributed by atoms with Crippen molar-refractivity contribution in [1.82, 2.24) is 0 Å². The van der Waals surface area contributed by atoms with Gasteiger partial charge in [-0.2, -0.15) is 0 Å². The second kappa shape index (κ2) is 14.4. The van der Waals surface area contributed by atoms with Gasteiger partial charge in [-0.05, 0) is 28.3 Å². The third kappa shape index (κ3) is 8.27. The van der Waals surface area contributed by atoms with Gasteiger partial charge in [0.2, 0.25) is 0 Å². The van der Waals surface area contributed by atoms with E-state index in [-0.39, 0.29) is 39.3 Å². The summed E-state index contributed by atoms with van der Waals surface area (Å²) >= 11 is 0. The van der Waals surface area contributed by atoms with Crippen molar-refractivity contribution in [2.45, 2.75) is 0 Å². The minimum Gasteiger partial charge on any atom is -0.677 e. The molecule has 0 unspecified atom stereocenters. The number of nitrogens with one attached hydrogen (secondary N) is 2. The summed E-state index contributed by atoms with van der Waals surface area (Å²) in [5, 5.41) is 8.83.